The van der Waals surface area contributed by atoms with Crippen LogP contribution in [-0.4, -0.2) is 39.7 Å². The number of carbonyl (C=O) groups is 1. The van der Waals surface area contributed by atoms with Crippen LogP contribution in [0.5, 0.6) is 0 Å². The first kappa shape index (κ1) is 16.0. The molecule has 5 nitrogen and oxygen atoms in total. The molecule has 1 heterocycles. The molecule has 1 fully saturated rings. The summed E-state index contributed by atoms with van der Waals surface area (Å²) in [4.78, 5) is 12.3. The summed E-state index contributed by atoms with van der Waals surface area (Å²) in [5.41, 5.74) is 0.376. The van der Waals surface area contributed by atoms with Crippen LogP contribution in [0, 0.1) is 5.92 Å². The predicted octanol–water partition coefficient (Wildman–Crippen LogP) is 1.21. The van der Waals surface area contributed by atoms with Gasteiger partial charge in [-0.25, -0.2) is 8.42 Å². The molecule has 1 aromatic carbocycles. The van der Waals surface area contributed by atoms with Gasteiger partial charge in [-0.2, -0.15) is 0 Å². The highest BCUT2D eigenvalue weighted by Crippen LogP contribution is 2.15. The molecule has 1 aliphatic rings. The largest absolute Gasteiger partial charge is 0.350 e. The molecule has 0 aromatic heterocycles. The molecule has 0 aliphatic carbocycles. The van der Waals surface area contributed by atoms with Crippen LogP contribution in [0.25, 0.3) is 0 Å². The van der Waals surface area contributed by atoms with Gasteiger partial charge in [0.05, 0.1) is 4.90 Å². The number of carbonyl (C=O) groups excluding carboxylic acids is 1. The van der Waals surface area contributed by atoms with Crippen LogP contribution in [0.3, 0.4) is 0 Å². The zero-order valence-electron chi connectivity index (χ0n) is 12.4. The fraction of sp³-hybridized carbons (Fsp3) is 0.533. The number of sulfone groups is 1. The maximum Gasteiger partial charge on any atom is 0.251 e. The van der Waals surface area contributed by atoms with Crippen molar-refractivity contribution in [3.63, 3.8) is 0 Å². The van der Waals surface area contributed by atoms with Crippen molar-refractivity contribution in [2.24, 2.45) is 5.92 Å². The summed E-state index contributed by atoms with van der Waals surface area (Å²) in [5.74, 6) is 0.293. The summed E-state index contributed by atoms with van der Waals surface area (Å²) < 4.78 is 23.0. The van der Waals surface area contributed by atoms with Crippen LogP contribution in [-0.2, 0) is 9.84 Å². The Balaban J connectivity index is 2.00. The van der Waals surface area contributed by atoms with Gasteiger partial charge in [-0.05, 0) is 43.5 Å². The topological polar surface area (TPSA) is 75.3 Å². The van der Waals surface area contributed by atoms with Gasteiger partial charge in [0.15, 0.2) is 9.84 Å². The van der Waals surface area contributed by atoms with Gasteiger partial charge in [0, 0.05) is 24.4 Å². The van der Waals surface area contributed by atoms with Crippen molar-refractivity contribution in [2.45, 2.75) is 30.7 Å². The number of nitrogens with one attached hydrogen (secondary N) is 2. The molecule has 0 bridgehead atoms. The Morgan fingerprint density at radius 1 is 1.43 bits per heavy atom. The van der Waals surface area contributed by atoms with Crippen LogP contribution >= 0.6 is 0 Å². The summed E-state index contributed by atoms with van der Waals surface area (Å²) in [7, 11) is -3.30. The van der Waals surface area contributed by atoms with Crippen LogP contribution in [0.15, 0.2) is 29.2 Å². The highest BCUT2D eigenvalue weighted by molar-refractivity contribution is 7.90. The highest BCUT2D eigenvalue weighted by atomic mass is 32.2. The Kier molecular flexibility index (Phi) is 5.00. The SMILES string of the molecule is CC1CCCNC1CNC(=O)c1cccc(S(C)(=O)=O)c1. The monoisotopic (exact) mass is 310 g/mol. The van der Waals surface area contributed by atoms with Gasteiger partial charge < -0.3 is 10.6 Å². The molecule has 6 heteroatoms. The Morgan fingerprint density at radius 3 is 2.86 bits per heavy atom. The van der Waals surface area contributed by atoms with Gasteiger partial charge in [-0.15, -0.1) is 0 Å². The first-order valence-electron chi connectivity index (χ1n) is 7.19. The van der Waals surface area contributed by atoms with E-state index in [0.717, 1.165) is 19.2 Å². The van der Waals surface area contributed by atoms with E-state index in [1.807, 2.05) is 0 Å². The average Bonchev–Trinajstić information content (AvgIpc) is 2.45. The van der Waals surface area contributed by atoms with Crippen molar-refractivity contribution in [3.05, 3.63) is 29.8 Å². The van der Waals surface area contributed by atoms with Crippen LogP contribution in [0.4, 0.5) is 0 Å². The van der Waals surface area contributed by atoms with Gasteiger partial charge in [0.25, 0.3) is 5.91 Å². The van der Waals surface area contributed by atoms with E-state index in [1.165, 1.54) is 18.6 Å². The van der Waals surface area contributed by atoms with E-state index < -0.39 is 9.84 Å². The fourth-order valence-corrected chi connectivity index (χ4v) is 3.23. The van der Waals surface area contributed by atoms with Crippen LogP contribution < -0.4 is 10.6 Å². The van der Waals surface area contributed by atoms with Crippen LogP contribution in [0.2, 0.25) is 0 Å². The molecule has 1 aliphatic heterocycles. The van der Waals surface area contributed by atoms with Gasteiger partial charge in [0.1, 0.15) is 0 Å². The molecule has 0 radical (unpaired) electrons. The molecule has 21 heavy (non-hydrogen) atoms. The number of rotatable bonds is 4. The van der Waals surface area contributed by atoms with Gasteiger partial charge >= 0.3 is 0 Å². The normalized spacial score (nSPS) is 22.8. The molecule has 116 valence electrons. The lowest BCUT2D eigenvalue weighted by Gasteiger charge is -2.30. The van der Waals surface area contributed by atoms with E-state index in [-0.39, 0.29) is 16.8 Å². The second-order valence-corrected chi connectivity index (χ2v) is 7.71. The molecular formula is C15H22N2O3S. The van der Waals surface area contributed by atoms with Crippen molar-refractivity contribution in [1.82, 2.24) is 10.6 Å². The first-order chi connectivity index (χ1) is 9.88. The highest BCUT2D eigenvalue weighted by Gasteiger charge is 2.21. The minimum Gasteiger partial charge on any atom is -0.350 e. The Labute approximate surface area is 126 Å². The van der Waals surface area contributed by atoms with E-state index in [9.17, 15) is 13.2 Å². The first-order valence-corrected chi connectivity index (χ1v) is 9.09. The summed E-state index contributed by atoms with van der Waals surface area (Å²) in [6.07, 6.45) is 3.47. The third-order valence-electron chi connectivity index (χ3n) is 3.94. The van der Waals surface area contributed by atoms with Crippen molar-refractivity contribution in [1.29, 1.82) is 0 Å². The smallest absolute Gasteiger partial charge is 0.251 e. The molecule has 1 aromatic rings. The van der Waals surface area contributed by atoms with E-state index >= 15 is 0 Å². The molecule has 1 amide bonds. The van der Waals surface area contributed by atoms with Crippen molar-refractivity contribution in [3.8, 4) is 0 Å². The number of benzene rings is 1. The van der Waals surface area contributed by atoms with Crippen molar-refractivity contribution < 1.29 is 13.2 Å². The summed E-state index contributed by atoms with van der Waals surface area (Å²) in [6, 6.07) is 6.41. The molecule has 2 rings (SSSR count). The minimum absolute atomic E-state index is 0.166. The lowest BCUT2D eigenvalue weighted by molar-refractivity contribution is 0.0943. The standard InChI is InChI=1S/C15H22N2O3S/c1-11-5-4-8-16-14(11)10-17-15(18)12-6-3-7-13(9-12)21(2,19)20/h3,6-7,9,11,14,16H,4-5,8,10H2,1-2H3,(H,17,18). The molecular weight excluding hydrogens is 288 g/mol. The van der Waals surface area contributed by atoms with Gasteiger partial charge in [0.2, 0.25) is 0 Å². The lowest BCUT2D eigenvalue weighted by atomic mass is 9.93. The van der Waals surface area contributed by atoms with Crippen LogP contribution in [0.1, 0.15) is 30.1 Å². The maximum atomic E-state index is 12.1. The molecule has 2 N–H and O–H groups in total. The Hall–Kier alpha value is -1.40. The fourth-order valence-electron chi connectivity index (χ4n) is 2.56. The third kappa shape index (κ3) is 4.28. The van der Waals surface area contributed by atoms with Gasteiger partial charge in [-0.3, -0.25) is 4.79 Å². The van der Waals surface area contributed by atoms with Crippen molar-refractivity contribution >= 4 is 15.7 Å². The number of piperidine rings is 1. The molecule has 2 atom stereocenters. The van der Waals surface area contributed by atoms with E-state index in [2.05, 4.69) is 17.6 Å². The molecule has 0 spiro atoms. The number of hydrogen-bond acceptors (Lipinski definition) is 4. The quantitative estimate of drug-likeness (QED) is 0.876. The number of amides is 1. The van der Waals surface area contributed by atoms with E-state index in [0.29, 0.717) is 18.0 Å². The Morgan fingerprint density at radius 2 is 2.19 bits per heavy atom. The van der Waals surface area contributed by atoms with E-state index in [1.54, 1.807) is 12.1 Å². The lowest BCUT2D eigenvalue weighted by Crippen LogP contribution is -2.47. The summed E-state index contributed by atoms with van der Waals surface area (Å²) in [6.45, 7) is 3.71. The average molecular weight is 310 g/mol. The summed E-state index contributed by atoms with van der Waals surface area (Å²) >= 11 is 0. The molecule has 1 saturated heterocycles. The maximum absolute atomic E-state index is 12.1. The third-order valence-corrected chi connectivity index (χ3v) is 5.05. The second-order valence-electron chi connectivity index (χ2n) is 5.69. The minimum atomic E-state index is -3.30. The van der Waals surface area contributed by atoms with Crippen molar-refractivity contribution in [2.75, 3.05) is 19.3 Å². The number of hydrogen-bond donors (Lipinski definition) is 2. The predicted molar refractivity (Wildman–Crippen MR) is 82.1 cm³/mol. The Bertz CT molecular complexity index is 613. The summed E-state index contributed by atoms with van der Waals surface area (Å²) in [5, 5.41) is 6.28. The molecule has 2 unspecified atom stereocenters. The second kappa shape index (κ2) is 6.58. The zero-order valence-corrected chi connectivity index (χ0v) is 13.2. The van der Waals surface area contributed by atoms with Gasteiger partial charge in [-0.1, -0.05) is 13.0 Å². The van der Waals surface area contributed by atoms with E-state index in [4.69, 9.17) is 0 Å². The molecule has 0 saturated carbocycles. The zero-order chi connectivity index (χ0) is 15.5.